The zero-order valence-electron chi connectivity index (χ0n) is 38.2. The molecule has 12 atom stereocenters. The van der Waals surface area contributed by atoms with E-state index >= 15 is 0 Å². The second-order valence-electron chi connectivity index (χ2n) is 19.8. The van der Waals surface area contributed by atoms with Gasteiger partial charge in [0.25, 0.3) is 0 Å². The third kappa shape index (κ3) is 8.82. The average Bonchev–Trinajstić information content (AvgIpc) is 3.78. The maximum absolute atomic E-state index is 12.4. The van der Waals surface area contributed by atoms with Crippen LogP contribution in [0.1, 0.15) is 109 Å². The van der Waals surface area contributed by atoms with Gasteiger partial charge in [0, 0.05) is 100 Å². The van der Waals surface area contributed by atoms with Gasteiger partial charge < -0.3 is 45.5 Å². The number of aliphatic hydroxyl groups excluding tert-OH is 1. The van der Waals surface area contributed by atoms with Crippen molar-refractivity contribution in [2.24, 2.45) is 41.4 Å². The molecule has 4 aliphatic carbocycles. The normalized spacial score (nSPS) is 31.7. The predicted octanol–water partition coefficient (Wildman–Crippen LogP) is 13.0. The topological polar surface area (TPSA) is 55.7 Å². The third-order valence-corrected chi connectivity index (χ3v) is 16.1. The van der Waals surface area contributed by atoms with E-state index in [1.807, 2.05) is 0 Å². The monoisotopic (exact) mass is 1000 g/mol. The van der Waals surface area contributed by atoms with E-state index in [9.17, 15) is 5.11 Å². The van der Waals surface area contributed by atoms with Crippen LogP contribution in [0, 0.1) is 63.2 Å². The summed E-state index contributed by atoms with van der Waals surface area (Å²) in [4.78, 5) is 0. The molecule has 0 radical (unpaired) electrons. The van der Waals surface area contributed by atoms with Crippen molar-refractivity contribution in [3.8, 4) is 0 Å². The standard InChI is InChI=1S/C54H67N2O3.2CH3.Hf/c1-35-31-44(37(3)50(33-35)55-46-23-10-4-17-38(46)39-18-5-11-24-47(39)55)42-21-8-14-27-52(42)58-29-16-30-59-53-28-15-9-22-43(53)45-32-36(2)34-51(54(45)57)56-48-25-12-6-19-40(48)41-20-7-13-26-49(41)56;;;/h4-7,10-13,17-20,23-26,35-37,42-45,50-54,57H,3,8-9,14-16,21-22,27-34H2,1-2H3;2*1H3;/q3*-1;/p+2. The molecule has 2 aromatic heterocycles. The van der Waals surface area contributed by atoms with Crippen LogP contribution in [-0.4, -0.2) is 55.2 Å². The van der Waals surface area contributed by atoms with Crippen LogP contribution < -0.4 is 0 Å². The molecular weight excluding hydrogens is 927 g/mol. The molecular formula is C56H75HfN2O3-. The Balaban J connectivity index is 0.00000193. The molecule has 2 heterocycles. The molecule has 0 bridgehead atoms. The summed E-state index contributed by atoms with van der Waals surface area (Å²) in [5, 5.41) is 17.7. The van der Waals surface area contributed by atoms with Gasteiger partial charge >= 0.3 is 0 Å². The maximum atomic E-state index is 12.4. The number of aromatic nitrogens is 2. The summed E-state index contributed by atoms with van der Waals surface area (Å²) in [6, 6.07) is 36.2. The van der Waals surface area contributed by atoms with Crippen LogP contribution in [0.3, 0.4) is 0 Å². The number of nitrogens with zero attached hydrogens (tertiary/aromatic N) is 2. The molecule has 0 amide bonds. The molecule has 332 valence electrons. The van der Waals surface area contributed by atoms with Gasteiger partial charge in [0.1, 0.15) is 0 Å². The average molecular weight is 1000 g/mol. The van der Waals surface area contributed by atoms with Crippen molar-refractivity contribution < 1.29 is 40.4 Å². The first-order chi connectivity index (χ1) is 29.0. The summed E-state index contributed by atoms with van der Waals surface area (Å²) in [5.41, 5.74) is 5.24. The van der Waals surface area contributed by atoms with Crippen LogP contribution in [0.2, 0.25) is 0 Å². The predicted molar refractivity (Wildman–Crippen MR) is 259 cm³/mol. The Bertz CT molecular complexity index is 2100. The molecule has 12 unspecified atom stereocenters. The molecule has 6 aromatic rings. The van der Waals surface area contributed by atoms with Crippen molar-refractivity contribution in [1.29, 1.82) is 0 Å². The largest absolute Gasteiger partial charge is 0.431 e. The number of hydrogen-bond donors (Lipinski definition) is 1. The summed E-state index contributed by atoms with van der Waals surface area (Å²) in [6.45, 7) is 11.8. The van der Waals surface area contributed by atoms with Crippen molar-refractivity contribution >= 4 is 43.6 Å². The Labute approximate surface area is 392 Å². The smallest absolute Gasteiger partial charge is 0.157 e. The number of para-hydroxylation sites is 4. The van der Waals surface area contributed by atoms with Gasteiger partial charge in [0.15, 0.2) is 25.4 Å². The SMILES string of the molecule is [CH2-]C1C(C2CCCCC2[OH+]CCC[OH+]C2CCCCC2C2CC(C)CC(n3c4ccccc4c4ccccc43)C2O)CC(C)CC1n1c2ccccc2c2ccccc21.[CH3-].[CH3-].[Hf]. The van der Waals surface area contributed by atoms with E-state index in [-0.39, 0.29) is 58.8 Å². The second kappa shape index (κ2) is 20.6. The molecule has 10 rings (SSSR count). The fraction of sp³-hybridized carbons (Fsp3) is 0.518. The number of fused-ring (bicyclic) bond motifs is 6. The molecule has 3 N–H and O–H groups in total. The van der Waals surface area contributed by atoms with Crippen LogP contribution in [0.25, 0.3) is 43.6 Å². The Morgan fingerprint density at radius 1 is 0.516 bits per heavy atom. The number of ether oxygens (including phenoxy) is 2. The van der Waals surface area contributed by atoms with Crippen molar-refractivity contribution in [3.05, 3.63) is 119 Å². The van der Waals surface area contributed by atoms with Crippen molar-refractivity contribution in [3.63, 3.8) is 0 Å². The Kier molecular flexibility index (Phi) is 15.7. The molecule has 4 aromatic carbocycles. The molecule has 4 aliphatic rings. The molecule has 0 spiro atoms. The fourth-order valence-corrected chi connectivity index (χ4v) is 13.6. The third-order valence-electron chi connectivity index (χ3n) is 16.1. The molecule has 62 heavy (non-hydrogen) atoms. The van der Waals surface area contributed by atoms with Crippen LogP contribution in [0.15, 0.2) is 97.1 Å². The van der Waals surface area contributed by atoms with Gasteiger partial charge in [-0.15, -0.1) is 5.92 Å². The first kappa shape index (κ1) is 47.2. The van der Waals surface area contributed by atoms with Crippen LogP contribution in [0.5, 0.6) is 0 Å². The summed E-state index contributed by atoms with van der Waals surface area (Å²) >= 11 is 0. The zero-order chi connectivity index (χ0) is 40.0. The first-order valence-electron chi connectivity index (χ1n) is 23.8. The second-order valence-corrected chi connectivity index (χ2v) is 19.8. The Hall–Kier alpha value is -2.77. The van der Waals surface area contributed by atoms with E-state index in [4.69, 9.17) is 16.4 Å². The summed E-state index contributed by atoms with van der Waals surface area (Å²) in [6.07, 6.45) is 16.1. The molecule has 5 nitrogen and oxygen atoms in total. The van der Waals surface area contributed by atoms with Gasteiger partial charge in [-0.05, 0) is 93.4 Å². The number of hydrogen-bond acceptors (Lipinski definition) is 1. The van der Waals surface area contributed by atoms with E-state index in [1.54, 1.807) is 0 Å². The Morgan fingerprint density at radius 3 is 1.35 bits per heavy atom. The summed E-state index contributed by atoms with van der Waals surface area (Å²) in [5.74, 6) is 3.59. The van der Waals surface area contributed by atoms with E-state index in [1.165, 1.54) is 108 Å². The zero-order valence-corrected chi connectivity index (χ0v) is 41.8. The van der Waals surface area contributed by atoms with Crippen LogP contribution in [0.4, 0.5) is 0 Å². The van der Waals surface area contributed by atoms with Crippen molar-refractivity contribution in [2.75, 3.05) is 13.2 Å². The van der Waals surface area contributed by atoms with E-state index in [2.05, 4.69) is 120 Å². The maximum Gasteiger partial charge on any atom is 0.157 e. The molecule has 4 saturated carbocycles. The molecule has 6 heteroatoms. The quantitative estimate of drug-likeness (QED) is 0.0632. The van der Waals surface area contributed by atoms with Gasteiger partial charge in [0.05, 0.1) is 18.6 Å². The summed E-state index contributed by atoms with van der Waals surface area (Å²) in [7, 11) is 0. The van der Waals surface area contributed by atoms with E-state index < -0.39 is 0 Å². The minimum Gasteiger partial charge on any atom is -0.431 e. The first-order valence-corrected chi connectivity index (χ1v) is 23.8. The number of aliphatic hydroxyl groups is 5. The van der Waals surface area contributed by atoms with Gasteiger partial charge in [-0.2, -0.15) is 0 Å². The number of rotatable bonds is 10. The van der Waals surface area contributed by atoms with Crippen LogP contribution >= 0.6 is 0 Å². The summed E-state index contributed by atoms with van der Waals surface area (Å²) < 4.78 is 16.2. The fourth-order valence-electron chi connectivity index (χ4n) is 13.6. The minimum absolute atomic E-state index is 0. The van der Waals surface area contributed by atoms with Crippen LogP contribution in [-0.2, 0) is 25.8 Å². The van der Waals surface area contributed by atoms with Gasteiger partial charge in [-0.25, -0.2) is 0 Å². The van der Waals surface area contributed by atoms with E-state index in [0.717, 1.165) is 32.5 Å². The Morgan fingerprint density at radius 2 is 0.887 bits per heavy atom. The van der Waals surface area contributed by atoms with Crippen molar-refractivity contribution in [2.45, 2.75) is 128 Å². The van der Waals surface area contributed by atoms with Gasteiger partial charge in [-0.1, -0.05) is 105 Å². The molecule has 0 aliphatic heterocycles. The van der Waals surface area contributed by atoms with Gasteiger partial charge in [-0.3, -0.25) is 0 Å². The van der Waals surface area contributed by atoms with Gasteiger partial charge in [0.2, 0.25) is 0 Å². The van der Waals surface area contributed by atoms with E-state index in [0.29, 0.717) is 53.8 Å². The number of benzene rings is 4. The van der Waals surface area contributed by atoms with Crippen molar-refractivity contribution in [1.82, 2.24) is 9.13 Å². The molecule has 4 fully saturated rings. The minimum atomic E-state index is -0.363. The molecule has 0 saturated heterocycles.